The van der Waals surface area contributed by atoms with Crippen LogP contribution in [0.15, 0.2) is 249 Å². The van der Waals surface area contributed by atoms with Crippen molar-refractivity contribution in [1.82, 2.24) is 9.13 Å². The smallest absolute Gasteiger partial charge is 0.0714 e. The summed E-state index contributed by atoms with van der Waals surface area (Å²) in [6.45, 7) is 0. The molecule has 0 unspecified atom stereocenters. The van der Waals surface area contributed by atoms with E-state index < -0.39 is 5.41 Å². The lowest BCUT2D eigenvalue weighted by molar-refractivity contribution is 0.768. The predicted molar refractivity (Wildman–Crippen MR) is 267 cm³/mol. The van der Waals surface area contributed by atoms with Crippen molar-refractivity contribution in [1.29, 1.82) is 0 Å². The molecule has 0 spiro atoms. The zero-order valence-corrected chi connectivity index (χ0v) is 35.0. The van der Waals surface area contributed by atoms with E-state index in [1.165, 1.54) is 77.0 Å². The zero-order chi connectivity index (χ0) is 42.2. The molecule has 10 aromatic carbocycles. The van der Waals surface area contributed by atoms with Crippen LogP contribution in [0.4, 0.5) is 17.1 Å². The van der Waals surface area contributed by atoms with Crippen LogP contribution >= 0.6 is 0 Å². The molecule has 13 rings (SSSR count). The van der Waals surface area contributed by atoms with Gasteiger partial charge in [0.1, 0.15) is 0 Å². The summed E-state index contributed by atoms with van der Waals surface area (Å²) in [6.07, 6.45) is 0. The second-order valence-electron chi connectivity index (χ2n) is 16.9. The van der Waals surface area contributed by atoms with E-state index in [-0.39, 0.29) is 0 Å². The molecule has 0 aliphatic heterocycles. The molecule has 0 saturated carbocycles. The van der Waals surface area contributed by atoms with Gasteiger partial charge in [-0.2, -0.15) is 0 Å². The van der Waals surface area contributed by atoms with Crippen molar-refractivity contribution in [2.75, 3.05) is 4.90 Å². The number of aromatic nitrogens is 2. The van der Waals surface area contributed by atoms with E-state index in [9.17, 15) is 0 Å². The molecule has 1 aliphatic carbocycles. The Morgan fingerprint density at radius 3 is 1.31 bits per heavy atom. The third-order valence-electron chi connectivity index (χ3n) is 13.6. The first-order valence-electron chi connectivity index (χ1n) is 22.1. The lowest BCUT2D eigenvalue weighted by Crippen LogP contribution is -2.28. The van der Waals surface area contributed by atoms with E-state index in [0.29, 0.717) is 0 Å². The third kappa shape index (κ3) is 5.28. The molecule has 1 aliphatic rings. The fourth-order valence-electron chi connectivity index (χ4n) is 10.9. The van der Waals surface area contributed by atoms with Crippen molar-refractivity contribution in [2.45, 2.75) is 5.41 Å². The Morgan fingerprint density at radius 1 is 0.281 bits per heavy atom. The normalized spacial score (nSPS) is 12.8. The monoisotopic (exact) mass is 815 g/mol. The molecule has 0 fully saturated rings. The number of para-hydroxylation sites is 4. The predicted octanol–water partition coefficient (Wildman–Crippen LogP) is 15.7. The van der Waals surface area contributed by atoms with Gasteiger partial charge in [-0.3, -0.25) is 0 Å². The second-order valence-corrected chi connectivity index (χ2v) is 16.9. The van der Waals surface area contributed by atoms with E-state index in [4.69, 9.17) is 0 Å². The highest BCUT2D eigenvalue weighted by atomic mass is 15.1. The molecule has 300 valence electrons. The van der Waals surface area contributed by atoms with Crippen LogP contribution in [0.25, 0.3) is 66.1 Å². The van der Waals surface area contributed by atoms with Gasteiger partial charge >= 0.3 is 0 Å². The Kier molecular flexibility index (Phi) is 8.13. The number of nitrogens with zero attached hydrogens (tertiary/aromatic N) is 3. The lowest BCUT2D eigenvalue weighted by atomic mass is 9.67. The average molecular weight is 816 g/mol. The Morgan fingerprint density at radius 2 is 0.703 bits per heavy atom. The summed E-state index contributed by atoms with van der Waals surface area (Å²) >= 11 is 0. The van der Waals surface area contributed by atoms with Crippen molar-refractivity contribution in [3.05, 3.63) is 271 Å². The molecule has 0 saturated heterocycles. The molecule has 2 aromatic heterocycles. The number of anilines is 3. The van der Waals surface area contributed by atoms with Crippen molar-refractivity contribution >= 4 is 60.7 Å². The molecule has 3 heteroatoms. The number of rotatable bonds is 7. The van der Waals surface area contributed by atoms with Gasteiger partial charge in [0.2, 0.25) is 0 Å². The molecule has 0 bridgehead atoms. The van der Waals surface area contributed by atoms with Gasteiger partial charge < -0.3 is 14.0 Å². The molecular weight excluding hydrogens is 775 g/mol. The first kappa shape index (κ1) is 36.3. The van der Waals surface area contributed by atoms with Crippen LogP contribution < -0.4 is 4.90 Å². The highest BCUT2D eigenvalue weighted by molar-refractivity contribution is 6.11. The minimum atomic E-state index is -0.524. The molecule has 0 N–H and O–H groups in total. The number of hydrogen-bond acceptors (Lipinski definition) is 1. The molecule has 64 heavy (non-hydrogen) atoms. The van der Waals surface area contributed by atoms with Crippen molar-refractivity contribution in [2.24, 2.45) is 0 Å². The summed E-state index contributed by atoms with van der Waals surface area (Å²) in [4.78, 5) is 2.45. The maximum atomic E-state index is 2.47. The van der Waals surface area contributed by atoms with Gasteiger partial charge in [-0.25, -0.2) is 0 Å². The molecule has 3 nitrogen and oxygen atoms in total. The number of hydrogen-bond donors (Lipinski definition) is 0. The van der Waals surface area contributed by atoms with Crippen molar-refractivity contribution in [3.63, 3.8) is 0 Å². The molecule has 2 heterocycles. The molecule has 12 aromatic rings. The summed E-state index contributed by atoms with van der Waals surface area (Å²) in [5.74, 6) is 0. The van der Waals surface area contributed by atoms with Gasteiger partial charge in [0, 0.05) is 50.0 Å². The van der Waals surface area contributed by atoms with Gasteiger partial charge in [-0.15, -0.1) is 0 Å². The minimum absolute atomic E-state index is 0.524. The Bertz CT molecular complexity index is 3620. The van der Waals surface area contributed by atoms with Gasteiger partial charge in [-0.05, 0) is 118 Å². The fraction of sp³-hybridized carbons (Fsp3) is 0.0164. The van der Waals surface area contributed by atoms with Crippen LogP contribution in [0, 0.1) is 0 Å². The largest absolute Gasteiger partial charge is 0.310 e. The van der Waals surface area contributed by atoms with Crippen molar-refractivity contribution < 1.29 is 0 Å². The molecule has 0 atom stereocenters. The van der Waals surface area contributed by atoms with Crippen LogP contribution in [0.5, 0.6) is 0 Å². The summed E-state index contributed by atoms with van der Waals surface area (Å²) in [5, 5.41) is 4.94. The highest BCUT2D eigenvalue weighted by Crippen LogP contribution is 2.57. The lowest BCUT2D eigenvalue weighted by Gasteiger charge is -2.35. The summed E-state index contributed by atoms with van der Waals surface area (Å²) in [5.41, 5.74) is 17.4. The van der Waals surface area contributed by atoms with Crippen LogP contribution in [0.1, 0.15) is 22.3 Å². The van der Waals surface area contributed by atoms with E-state index in [1.807, 2.05) is 0 Å². The van der Waals surface area contributed by atoms with E-state index >= 15 is 0 Å². The van der Waals surface area contributed by atoms with E-state index in [1.54, 1.807) is 0 Å². The quantitative estimate of drug-likeness (QED) is 0.156. The highest BCUT2D eigenvalue weighted by Gasteiger charge is 2.46. The zero-order valence-electron chi connectivity index (χ0n) is 35.0. The van der Waals surface area contributed by atoms with E-state index in [2.05, 4.69) is 263 Å². The molecule has 0 amide bonds. The van der Waals surface area contributed by atoms with Crippen molar-refractivity contribution in [3.8, 4) is 22.5 Å². The fourth-order valence-corrected chi connectivity index (χ4v) is 10.9. The van der Waals surface area contributed by atoms with Gasteiger partial charge in [0.25, 0.3) is 0 Å². The van der Waals surface area contributed by atoms with Crippen LogP contribution in [-0.2, 0) is 5.41 Å². The van der Waals surface area contributed by atoms with Gasteiger partial charge in [0.15, 0.2) is 0 Å². The number of fused-ring (bicyclic) bond motifs is 9. The third-order valence-corrected chi connectivity index (χ3v) is 13.6. The summed E-state index contributed by atoms with van der Waals surface area (Å²) in [7, 11) is 0. The van der Waals surface area contributed by atoms with Crippen LogP contribution in [0.3, 0.4) is 0 Å². The van der Waals surface area contributed by atoms with Gasteiger partial charge in [-0.1, -0.05) is 164 Å². The summed E-state index contributed by atoms with van der Waals surface area (Å²) in [6, 6.07) is 91.3. The topological polar surface area (TPSA) is 13.1 Å². The van der Waals surface area contributed by atoms with Crippen LogP contribution in [-0.4, -0.2) is 9.13 Å². The maximum absolute atomic E-state index is 2.47. The Hall–Kier alpha value is -8.40. The van der Waals surface area contributed by atoms with Crippen LogP contribution in [0.2, 0.25) is 0 Å². The first-order valence-corrected chi connectivity index (χ1v) is 22.1. The Balaban J connectivity index is 1.06. The SMILES string of the molecule is c1ccc(-n2c3ccccc3c3cc(N(c4ccc(-n5c6ccccc6c6ccccc65)cc4)c4ccc5c(c4)C(c4ccccc4)(c4ccccc4)c4ccccc4-5)ccc32)cc1. The number of benzene rings is 10. The maximum Gasteiger partial charge on any atom is 0.0714 e. The van der Waals surface area contributed by atoms with E-state index in [0.717, 1.165) is 28.4 Å². The van der Waals surface area contributed by atoms with Gasteiger partial charge in [0.05, 0.1) is 27.5 Å². The Labute approximate surface area is 372 Å². The second kappa shape index (κ2) is 14.3. The summed E-state index contributed by atoms with van der Waals surface area (Å²) < 4.78 is 4.78. The minimum Gasteiger partial charge on any atom is -0.310 e. The average Bonchev–Trinajstić information content (AvgIpc) is 3.99. The molecular formula is C61H41N3. The standard InChI is InChI=1S/C61H41N3/c1-4-18-42(19-5-1)61(43-20-6-2-7-21-43)55-28-14-10-24-49(55)50-38-36-48(41-56(50)61)62(45-32-34-46(35-33-45)64-57-29-15-11-25-51(57)52-26-12-16-30-58(52)64)47-37-39-60-54(40-47)53-27-13-17-31-59(53)63(60)44-22-8-3-9-23-44/h1-41H. The molecule has 0 radical (unpaired) electrons. The first-order chi connectivity index (χ1) is 31.8.